The zero-order valence-corrected chi connectivity index (χ0v) is 14.3. The number of fused-ring (bicyclic) bond motifs is 2. The van der Waals surface area contributed by atoms with Gasteiger partial charge in [-0.2, -0.15) is 0 Å². The third kappa shape index (κ3) is 2.40. The molecule has 26 heavy (non-hydrogen) atoms. The summed E-state index contributed by atoms with van der Waals surface area (Å²) in [6.07, 6.45) is 9.63. The fraction of sp³-hybridized carbons (Fsp3) is 0.0870. The highest BCUT2D eigenvalue weighted by molar-refractivity contribution is 6.16. The lowest BCUT2D eigenvalue weighted by atomic mass is 10.1. The highest BCUT2D eigenvalue weighted by Crippen LogP contribution is 2.32. The molecule has 0 unspecified atom stereocenters. The molecule has 0 spiro atoms. The van der Waals surface area contributed by atoms with Crippen molar-refractivity contribution in [2.45, 2.75) is 12.8 Å². The molecule has 2 heterocycles. The maximum atomic E-state index is 12.9. The van der Waals surface area contributed by atoms with Crippen molar-refractivity contribution in [3.05, 3.63) is 83.2 Å². The van der Waals surface area contributed by atoms with E-state index in [4.69, 9.17) is 0 Å². The summed E-state index contributed by atoms with van der Waals surface area (Å²) in [5.41, 5.74) is 6.13. The van der Waals surface area contributed by atoms with E-state index in [-0.39, 0.29) is 5.78 Å². The summed E-state index contributed by atoms with van der Waals surface area (Å²) >= 11 is 0. The Balaban J connectivity index is 1.50. The number of H-pyrrole nitrogens is 2. The van der Waals surface area contributed by atoms with Crippen molar-refractivity contribution in [3.63, 3.8) is 0 Å². The molecule has 3 nitrogen and oxygen atoms in total. The van der Waals surface area contributed by atoms with E-state index in [1.165, 1.54) is 0 Å². The summed E-state index contributed by atoms with van der Waals surface area (Å²) in [5.74, 6) is 0.167. The van der Waals surface area contributed by atoms with Gasteiger partial charge in [0.15, 0.2) is 5.78 Å². The van der Waals surface area contributed by atoms with Gasteiger partial charge in [-0.3, -0.25) is 4.79 Å². The van der Waals surface area contributed by atoms with Crippen molar-refractivity contribution in [1.82, 2.24) is 9.97 Å². The van der Waals surface area contributed by atoms with Crippen LogP contribution in [-0.4, -0.2) is 15.8 Å². The molecule has 0 aliphatic heterocycles. The second kappa shape index (κ2) is 5.88. The van der Waals surface area contributed by atoms with Crippen molar-refractivity contribution in [2.24, 2.45) is 0 Å². The Morgan fingerprint density at radius 2 is 1.15 bits per heavy atom. The smallest absolute Gasteiger partial charge is 0.185 e. The molecule has 1 aliphatic carbocycles. The van der Waals surface area contributed by atoms with Crippen LogP contribution in [0.15, 0.2) is 72.1 Å². The molecular formula is C23H18N2O. The molecule has 3 heteroatoms. The maximum Gasteiger partial charge on any atom is 0.185 e. The lowest BCUT2D eigenvalue weighted by Crippen LogP contribution is -1.95. The molecule has 0 atom stereocenters. The van der Waals surface area contributed by atoms with E-state index in [2.05, 4.69) is 34.2 Å². The molecule has 0 radical (unpaired) electrons. The number of benzene rings is 2. The standard InChI is InChI=1S/C23H18N2O/c26-23-15(11-17-13-24-21-7-3-1-5-19(17)21)9-10-16(23)12-18-14-25-22-8-4-2-6-20(18)22/h1-8,11-14,24-25H,9-10H2/b15-11+,16-12+. The predicted octanol–water partition coefficient (Wildman–Crippen LogP) is 5.48. The van der Waals surface area contributed by atoms with Gasteiger partial charge >= 0.3 is 0 Å². The molecule has 0 saturated heterocycles. The van der Waals surface area contributed by atoms with Crippen molar-refractivity contribution >= 4 is 39.7 Å². The van der Waals surface area contributed by atoms with Crippen LogP contribution in [0.1, 0.15) is 24.0 Å². The quantitative estimate of drug-likeness (QED) is 0.467. The van der Waals surface area contributed by atoms with Gasteiger partial charge in [-0.25, -0.2) is 0 Å². The Hall–Kier alpha value is -3.33. The van der Waals surface area contributed by atoms with E-state index < -0.39 is 0 Å². The molecule has 2 N–H and O–H groups in total. The van der Waals surface area contributed by atoms with Crippen LogP contribution >= 0.6 is 0 Å². The van der Waals surface area contributed by atoms with Gasteiger partial charge < -0.3 is 9.97 Å². The van der Waals surface area contributed by atoms with Gasteiger partial charge in [0.1, 0.15) is 0 Å². The minimum Gasteiger partial charge on any atom is -0.361 e. The van der Waals surface area contributed by atoms with Crippen LogP contribution in [0.3, 0.4) is 0 Å². The summed E-state index contributed by atoms with van der Waals surface area (Å²) in [5, 5.41) is 2.31. The average Bonchev–Trinajstić information content (AvgIpc) is 3.36. The zero-order chi connectivity index (χ0) is 17.5. The number of aromatic nitrogens is 2. The van der Waals surface area contributed by atoms with E-state index in [0.717, 1.165) is 56.9 Å². The van der Waals surface area contributed by atoms with Crippen LogP contribution in [0.5, 0.6) is 0 Å². The van der Waals surface area contributed by atoms with Gasteiger partial charge in [0.25, 0.3) is 0 Å². The van der Waals surface area contributed by atoms with E-state index in [0.29, 0.717) is 0 Å². The number of allylic oxidation sites excluding steroid dienone is 2. The molecule has 2 aromatic carbocycles. The lowest BCUT2D eigenvalue weighted by Gasteiger charge is -1.97. The Morgan fingerprint density at radius 1 is 0.692 bits per heavy atom. The minimum atomic E-state index is 0.167. The Kier molecular flexibility index (Phi) is 3.39. The largest absolute Gasteiger partial charge is 0.361 e. The lowest BCUT2D eigenvalue weighted by molar-refractivity contribution is -0.111. The highest BCUT2D eigenvalue weighted by atomic mass is 16.1. The number of hydrogen-bond acceptors (Lipinski definition) is 1. The molecule has 0 bridgehead atoms. The number of ketones is 1. The molecule has 1 saturated carbocycles. The Bertz CT molecular complexity index is 1110. The first kappa shape index (κ1) is 15.0. The van der Waals surface area contributed by atoms with Crippen LogP contribution in [-0.2, 0) is 4.79 Å². The molecule has 5 rings (SSSR count). The summed E-state index contributed by atoms with van der Waals surface area (Å²) in [7, 11) is 0. The summed E-state index contributed by atoms with van der Waals surface area (Å²) in [4.78, 5) is 19.4. The first-order valence-electron chi connectivity index (χ1n) is 8.88. The molecule has 1 aliphatic rings. The predicted molar refractivity (Wildman–Crippen MR) is 107 cm³/mol. The number of nitrogens with one attached hydrogen (secondary N) is 2. The SMILES string of the molecule is O=C1/C(=C/c2c[nH]c3ccccc23)CC/C1=C\c1c[nH]c2ccccc12. The van der Waals surface area contributed by atoms with Gasteiger partial charge in [0.05, 0.1) is 0 Å². The van der Waals surface area contributed by atoms with E-state index in [1.807, 2.05) is 48.8 Å². The number of carbonyl (C=O) groups is 1. The second-order valence-electron chi connectivity index (χ2n) is 6.75. The third-order valence-electron chi connectivity index (χ3n) is 5.15. The fourth-order valence-electron chi connectivity index (χ4n) is 3.78. The first-order valence-corrected chi connectivity index (χ1v) is 8.88. The van der Waals surface area contributed by atoms with Gasteiger partial charge in [-0.15, -0.1) is 0 Å². The van der Waals surface area contributed by atoms with Crippen molar-refractivity contribution in [3.8, 4) is 0 Å². The van der Waals surface area contributed by atoms with Crippen LogP contribution < -0.4 is 0 Å². The fourth-order valence-corrected chi connectivity index (χ4v) is 3.78. The normalized spacial score (nSPS) is 17.9. The van der Waals surface area contributed by atoms with E-state index >= 15 is 0 Å². The maximum absolute atomic E-state index is 12.9. The zero-order valence-electron chi connectivity index (χ0n) is 14.3. The molecule has 4 aromatic rings. The van der Waals surface area contributed by atoms with E-state index in [9.17, 15) is 4.79 Å². The van der Waals surface area contributed by atoms with Crippen molar-refractivity contribution < 1.29 is 4.79 Å². The van der Waals surface area contributed by atoms with Gasteiger partial charge in [-0.1, -0.05) is 36.4 Å². The number of carbonyl (C=O) groups excluding carboxylic acids is 1. The molecular weight excluding hydrogens is 320 g/mol. The number of hydrogen-bond donors (Lipinski definition) is 2. The number of rotatable bonds is 2. The van der Waals surface area contributed by atoms with Gasteiger partial charge in [0, 0.05) is 56.5 Å². The number of aromatic amines is 2. The second-order valence-corrected chi connectivity index (χ2v) is 6.75. The van der Waals surface area contributed by atoms with Gasteiger partial charge in [0.2, 0.25) is 0 Å². The summed E-state index contributed by atoms with van der Waals surface area (Å²) in [6.45, 7) is 0. The number of Topliss-reactive ketones (excluding diaryl/α,β-unsaturated/α-hetero) is 1. The Labute approximate surface area is 151 Å². The molecule has 1 fully saturated rings. The highest BCUT2D eigenvalue weighted by Gasteiger charge is 2.23. The molecule has 126 valence electrons. The van der Waals surface area contributed by atoms with E-state index in [1.54, 1.807) is 0 Å². The van der Waals surface area contributed by atoms with Crippen molar-refractivity contribution in [1.29, 1.82) is 0 Å². The topological polar surface area (TPSA) is 48.6 Å². The molecule has 0 amide bonds. The number of para-hydroxylation sites is 2. The van der Waals surface area contributed by atoms with Crippen LogP contribution in [0.4, 0.5) is 0 Å². The summed E-state index contributed by atoms with van der Waals surface area (Å²) < 4.78 is 0. The van der Waals surface area contributed by atoms with Gasteiger partial charge in [-0.05, 0) is 37.1 Å². The minimum absolute atomic E-state index is 0.167. The molecule has 2 aromatic heterocycles. The Morgan fingerprint density at radius 3 is 1.65 bits per heavy atom. The van der Waals surface area contributed by atoms with Crippen LogP contribution in [0.2, 0.25) is 0 Å². The first-order chi connectivity index (χ1) is 12.8. The third-order valence-corrected chi connectivity index (χ3v) is 5.15. The summed E-state index contributed by atoms with van der Waals surface area (Å²) in [6, 6.07) is 16.3. The average molecular weight is 338 g/mol. The monoisotopic (exact) mass is 338 g/mol. The van der Waals surface area contributed by atoms with Crippen molar-refractivity contribution in [2.75, 3.05) is 0 Å². The van der Waals surface area contributed by atoms with Crippen LogP contribution in [0, 0.1) is 0 Å². The van der Waals surface area contributed by atoms with Crippen LogP contribution in [0.25, 0.3) is 34.0 Å².